The van der Waals surface area contributed by atoms with E-state index in [1.54, 1.807) is 6.07 Å². The first-order valence-corrected chi connectivity index (χ1v) is 8.92. The zero-order valence-corrected chi connectivity index (χ0v) is 14.5. The second kappa shape index (κ2) is 6.76. The third kappa shape index (κ3) is 3.21. The molecule has 0 saturated carbocycles. The first kappa shape index (κ1) is 18.2. The van der Waals surface area contributed by atoms with Crippen molar-refractivity contribution in [3.63, 3.8) is 0 Å². The molecule has 1 aliphatic heterocycles. The molecule has 0 saturated heterocycles. The minimum atomic E-state index is -3.65. The fourth-order valence-electron chi connectivity index (χ4n) is 2.19. The Kier molecular flexibility index (Phi) is 5.13. The topological polar surface area (TPSA) is 106 Å². The number of sulfonamides is 1. The number of halogens is 2. The van der Waals surface area contributed by atoms with E-state index in [2.05, 4.69) is 20.3 Å². The van der Waals surface area contributed by atoms with Gasteiger partial charge in [-0.15, -0.1) is 0 Å². The van der Waals surface area contributed by atoms with E-state index in [1.165, 1.54) is 32.6 Å². The number of hydrogen-bond acceptors (Lipinski definition) is 6. The van der Waals surface area contributed by atoms with Crippen LogP contribution in [0.5, 0.6) is 0 Å². The Morgan fingerprint density at radius 2 is 2.21 bits per heavy atom. The smallest absolute Gasteiger partial charge is 0.232 e. The summed E-state index contributed by atoms with van der Waals surface area (Å²) in [7, 11) is -2.11. The van der Waals surface area contributed by atoms with E-state index in [-0.39, 0.29) is 27.6 Å². The zero-order valence-electron chi connectivity index (χ0n) is 12.9. The highest BCUT2D eigenvalue weighted by molar-refractivity contribution is 7.92. The van der Waals surface area contributed by atoms with Crippen molar-refractivity contribution in [3.05, 3.63) is 40.3 Å². The number of anilines is 1. The van der Waals surface area contributed by atoms with Gasteiger partial charge in [0.25, 0.3) is 0 Å². The Labute approximate surface area is 144 Å². The molecule has 3 N–H and O–H groups in total. The molecular formula is C14H15ClFN5O2S. The molecule has 1 unspecified atom stereocenters. The molecule has 0 fully saturated rings. The lowest BCUT2D eigenvalue weighted by Gasteiger charge is -2.32. The predicted molar refractivity (Wildman–Crippen MR) is 90.5 cm³/mol. The van der Waals surface area contributed by atoms with Crippen LogP contribution in [0.1, 0.15) is 18.1 Å². The summed E-state index contributed by atoms with van der Waals surface area (Å²) in [5.74, 6) is -0.934. The zero-order chi connectivity index (χ0) is 18.0. The summed E-state index contributed by atoms with van der Waals surface area (Å²) in [4.78, 5) is 4.16. The molecule has 10 heteroatoms. The van der Waals surface area contributed by atoms with Gasteiger partial charge >= 0.3 is 0 Å². The van der Waals surface area contributed by atoms with Gasteiger partial charge in [0.15, 0.2) is 5.66 Å². The van der Waals surface area contributed by atoms with E-state index in [4.69, 9.17) is 16.9 Å². The maximum absolute atomic E-state index is 14.6. The predicted octanol–water partition coefficient (Wildman–Crippen LogP) is 1.54. The highest BCUT2D eigenvalue weighted by Crippen LogP contribution is 2.38. The Hall–Kier alpha value is -2.15. The van der Waals surface area contributed by atoms with Crippen LogP contribution in [0.2, 0.25) is 0 Å². The van der Waals surface area contributed by atoms with Crippen molar-refractivity contribution in [2.75, 3.05) is 17.5 Å². The van der Waals surface area contributed by atoms with Crippen LogP contribution in [0.4, 0.5) is 10.1 Å². The molecule has 0 amide bonds. The molecule has 1 atom stereocenters. The van der Waals surface area contributed by atoms with Crippen molar-refractivity contribution in [1.29, 1.82) is 5.26 Å². The molecule has 2 rings (SSSR count). The lowest BCUT2D eigenvalue weighted by molar-refractivity contribution is 0.437. The summed E-state index contributed by atoms with van der Waals surface area (Å²) in [6, 6.07) is 3.94. The molecule has 1 aromatic carbocycles. The molecule has 1 heterocycles. The van der Waals surface area contributed by atoms with E-state index in [9.17, 15) is 12.8 Å². The summed E-state index contributed by atoms with van der Waals surface area (Å²) < 4.78 is 40.5. The third-order valence-electron chi connectivity index (χ3n) is 3.51. The first-order valence-electron chi connectivity index (χ1n) is 6.89. The van der Waals surface area contributed by atoms with Crippen molar-refractivity contribution >= 4 is 33.7 Å². The summed E-state index contributed by atoms with van der Waals surface area (Å²) in [6.07, 6.45) is 2.76. The van der Waals surface area contributed by atoms with Crippen LogP contribution >= 0.6 is 11.6 Å². The van der Waals surface area contributed by atoms with Gasteiger partial charge in [0, 0.05) is 11.8 Å². The van der Waals surface area contributed by atoms with Crippen LogP contribution in [-0.4, -0.2) is 27.6 Å². The van der Waals surface area contributed by atoms with Crippen LogP contribution in [-0.2, 0) is 15.7 Å². The van der Waals surface area contributed by atoms with E-state index in [0.717, 1.165) is 6.07 Å². The van der Waals surface area contributed by atoms with Crippen molar-refractivity contribution in [3.8, 4) is 6.07 Å². The number of nitrogens with zero attached hydrogens (tertiary/aromatic N) is 2. The van der Waals surface area contributed by atoms with Crippen LogP contribution in [0.3, 0.4) is 0 Å². The normalized spacial score (nSPS) is 20.0. The summed E-state index contributed by atoms with van der Waals surface area (Å²) in [5, 5.41) is 14.8. The lowest BCUT2D eigenvalue weighted by Crippen LogP contribution is -2.42. The molecule has 0 aromatic heterocycles. The number of hydrogen-bond donors (Lipinski definition) is 3. The Balaban J connectivity index is 2.68. The highest BCUT2D eigenvalue weighted by atomic mass is 35.5. The number of rotatable bonds is 5. The van der Waals surface area contributed by atoms with Gasteiger partial charge < -0.3 is 5.32 Å². The minimum absolute atomic E-state index is 0.0168. The van der Waals surface area contributed by atoms with E-state index >= 15 is 0 Å². The Morgan fingerprint density at radius 3 is 2.75 bits per heavy atom. The van der Waals surface area contributed by atoms with Gasteiger partial charge in [0.2, 0.25) is 10.0 Å². The SMILES string of the molecule is CCS(=O)(=O)Nc1cc(C2(NC)N=CNC=C2Cl)c(F)cc1C#N. The van der Waals surface area contributed by atoms with Crippen LogP contribution in [0, 0.1) is 17.1 Å². The molecule has 1 aliphatic rings. The molecule has 0 bridgehead atoms. The molecule has 1 aromatic rings. The van der Waals surface area contributed by atoms with Gasteiger partial charge in [-0.05, 0) is 26.1 Å². The average Bonchev–Trinajstić information content (AvgIpc) is 2.57. The highest BCUT2D eigenvalue weighted by Gasteiger charge is 2.38. The number of nitriles is 1. The van der Waals surface area contributed by atoms with Crippen molar-refractivity contribution in [1.82, 2.24) is 10.6 Å². The molecular weight excluding hydrogens is 357 g/mol. The van der Waals surface area contributed by atoms with E-state index in [0.29, 0.717) is 0 Å². The molecule has 7 nitrogen and oxygen atoms in total. The average molecular weight is 372 g/mol. The van der Waals surface area contributed by atoms with Crippen molar-refractivity contribution in [2.45, 2.75) is 12.6 Å². The van der Waals surface area contributed by atoms with E-state index in [1.807, 2.05) is 0 Å². The fraction of sp³-hybridized carbons (Fsp3) is 0.286. The third-order valence-corrected chi connectivity index (χ3v) is 5.19. The fourth-order valence-corrected chi connectivity index (χ4v) is 3.15. The number of likely N-dealkylation sites (N-methyl/N-ethyl adjacent to an activating group) is 1. The standard InChI is InChI=1S/C14H15ClFN5O2S/c1-3-24(22,23)21-12-5-10(11(16)4-9(12)6-17)14(18-2)13(15)7-19-8-20-14/h4-5,7-8,18,21H,3H2,1-2H3,(H,19,20). The van der Waals surface area contributed by atoms with Crippen LogP contribution in [0.25, 0.3) is 0 Å². The van der Waals surface area contributed by atoms with Gasteiger partial charge in [-0.1, -0.05) is 11.6 Å². The van der Waals surface area contributed by atoms with E-state index < -0.39 is 21.5 Å². The maximum Gasteiger partial charge on any atom is 0.232 e. The van der Waals surface area contributed by atoms with Gasteiger partial charge in [0.05, 0.1) is 28.4 Å². The Bertz CT molecular complexity index is 863. The summed E-state index contributed by atoms with van der Waals surface area (Å²) >= 11 is 6.18. The summed E-state index contributed by atoms with van der Waals surface area (Å²) in [6.45, 7) is 1.45. The van der Waals surface area contributed by atoms with Crippen LogP contribution < -0.4 is 15.4 Å². The van der Waals surface area contributed by atoms with Gasteiger partial charge in [-0.2, -0.15) is 5.26 Å². The minimum Gasteiger partial charge on any atom is -0.352 e. The lowest BCUT2D eigenvalue weighted by atomic mass is 9.96. The molecule has 0 spiro atoms. The van der Waals surface area contributed by atoms with Gasteiger partial charge in [-0.25, -0.2) is 17.8 Å². The Morgan fingerprint density at radius 1 is 1.50 bits per heavy atom. The van der Waals surface area contributed by atoms with Gasteiger partial charge in [0.1, 0.15) is 11.9 Å². The second-order valence-corrected chi connectivity index (χ2v) is 7.29. The van der Waals surface area contributed by atoms with Crippen LogP contribution in [0.15, 0.2) is 28.4 Å². The van der Waals surface area contributed by atoms with Crippen molar-refractivity contribution in [2.24, 2.45) is 4.99 Å². The number of aliphatic imine (C=N–C) groups is 1. The summed E-state index contributed by atoms with van der Waals surface area (Å²) in [5.41, 5.74) is -1.62. The van der Waals surface area contributed by atoms with Crippen molar-refractivity contribution < 1.29 is 12.8 Å². The largest absolute Gasteiger partial charge is 0.352 e. The molecule has 0 radical (unpaired) electrons. The molecule has 0 aliphatic carbocycles. The van der Waals surface area contributed by atoms with Gasteiger partial charge in [-0.3, -0.25) is 10.0 Å². The monoisotopic (exact) mass is 371 g/mol. The molecule has 24 heavy (non-hydrogen) atoms. The first-order chi connectivity index (χ1) is 11.3. The number of benzene rings is 1. The number of nitrogens with one attached hydrogen (secondary N) is 3. The quantitative estimate of drug-likeness (QED) is 0.728. The molecule has 128 valence electrons. The maximum atomic E-state index is 14.6. The second-order valence-electron chi connectivity index (χ2n) is 4.87.